The monoisotopic (exact) mass is 466 g/mol. The molecule has 7 nitrogen and oxygen atoms in total. The van der Waals surface area contributed by atoms with Gasteiger partial charge in [-0.05, 0) is 30.5 Å². The molecule has 2 heterocycles. The van der Waals surface area contributed by atoms with E-state index in [1.807, 2.05) is 40.8 Å². The molecule has 0 radical (unpaired) electrons. The summed E-state index contributed by atoms with van der Waals surface area (Å²) in [6, 6.07) is 16.0. The quantitative estimate of drug-likeness (QED) is 0.273. The van der Waals surface area contributed by atoms with Gasteiger partial charge in [-0.25, -0.2) is 4.79 Å². The molecule has 7 heteroatoms. The van der Waals surface area contributed by atoms with Crippen molar-refractivity contribution >= 4 is 11.7 Å². The minimum atomic E-state index is -0.309. The summed E-state index contributed by atoms with van der Waals surface area (Å²) in [4.78, 5) is 14.1. The number of hydrogen-bond acceptors (Lipinski definition) is 5. The van der Waals surface area contributed by atoms with Crippen LogP contribution in [0.3, 0.4) is 0 Å². The Kier molecular flexibility index (Phi) is 10.3. The fraction of sp³-hybridized carbons (Fsp3) is 0.519. The summed E-state index contributed by atoms with van der Waals surface area (Å²) < 4.78 is 13.8. The summed E-state index contributed by atoms with van der Waals surface area (Å²) in [6.07, 6.45) is 6.03. The zero-order valence-electron chi connectivity index (χ0n) is 20.8. The number of nitrogens with zero attached hydrogens (tertiary/aromatic N) is 4. The average molecular weight is 467 g/mol. The van der Waals surface area contributed by atoms with Gasteiger partial charge in [0, 0.05) is 19.5 Å². The van der Waals surface area contributed by atoms with Gasteiger partial charge in [0.05, 0.1) is 18.9 Å². The Morgan fingerprint density at radius 3 is 2.53 bits per heavy atom. The molecule has 3 rings (SSSR count). The van der Waals surface area contributed by atoms with E-state index >= 15 is 0 Å². The Balaban J connectivity index is 1.71. The highest BCUT2D eigenvalue weighted by Crippen LogP contribution is 2.24. The molecule has 0 fully saturated rings. The summed E-state index contributed by atoms with van der Waals surface area (Å²) in [5, 5.41) is 8.92. The molecule has 2 aromatic heterocycles. The van der Waals surface area contributed by atoms with Crippen LogP contribution in [0.1, 0.15) is 75.4 Å². The van der Waals surface area contributed by atoms with Gasteiger partial charge in [-0.2, -0.15) is 0 Å². The number of amides is 1. The van der Waals surface area contributed by atoms with Gasteiger partial charge < -0.3 is 14.4 Å². The maximum atomic E-state index is 12.5. The van der Waals surface area contributed by atoms with Crippen molar-refractivity contribution in [3.05, 3.63) is 65.6 Å². The average Bonchev–Trinajstić information content (AvgIpc) is 3.30. The van der Waals surface area contributed by atoms with Crippen LogP contribution in [0.4, 0.5) is 4.79 Å². The Labute approximate surface area is 203 Å². The van der Waals surface area contributed by atoms with Crippen LogP contribution in [0, 0.1) is 0 Å². The normalized spacial score (nSPS) is 12.1. The predicted octanol–water partition coefficient (Wildman–Crippen LogP) is 5.98. The molecule has 3 aromatic rings. The number of benzene rings is 1. The maximum absolute atomic E-state index is 12.5. The third-order valence-electron chi connectivity index (χ3n) is 5.99. The minimum absolute atomic E-state index is 0.104. The predicted molar refractivity (Wildman–Crippen MR) is 134 cm³/mol. The second-order valence-corrected chi connectivity index (χ2v) is 8.79. The van der Waals surface area contributed by atoms with Crippen molar-refractivity contribution < 1.29 is 14.3 Å². The van der Waals surface area contributed by atoms with E-state index in [0.29, 0.717) is 19.8 Å². The van der Waals surface area contributed by atoms with Gasteiger partial charge in [0.1, 0.15) is 12.4 Å². The van der Waals surface area contributed by atoms with Crippen molar-refractivity contribution in [3.63, 3.8) is 0 Å². The number of fused-ring (bicyclic) bond motifs is 1. The first kappa shape index (κ1) is 25.7. The van der Waals surface area contributed by atoms with Crippen molar-refractivity contribution in [2.24, 2.45) is 0 Å². The number of carbonyl (C=O) groups is 1. The van der Waals surface area contributed by atoms with E-state index in [1.54, 1.807) is 11.9 Å². The van der Waals surface area contributed by atoms with E-state index in [2.05, 4.69) is 36.2 Å². The van der Waals surface area contributed by atoms with Crippen LogP contribution >= 0.6 is 0 Å². The Morgan fingerprint density at radius 1 is 0.971 bits per heavy atom. The highest BCUT2D eigenvalue weighted by molar-refractivity contribution is 5.67. The molecule has 34 heavy (non-hydrogen) atoms. The van der Waals surface area contributed by atoms with Crippen molar-refractivity contribution in [3.8, 4) is 0 Å². The van der Waals surface area contributed by atoms with Gasteiger partial charge in [-0.3, -0.25) is 4.40 Å². The van der Waals surface area contributed by atoms with Crippen molar-refractivity contribution in [1.29, 1.82) is 0 Å². The van der Waals surface area contributed by atoms with Crippen LogP contribution in [0.25, 0.3) is 5.65 Å². The van der Waals surface area contributed by atoms with E-state index in [-0.39, 0.29) is 18.6 Å². The van der Waals surface area contributed by atoms with E-state index in [4.69, 9.17) is 9.47 Å². The van der Waals surface area contributed by atoms with Gasteiger partial charge in [-0.15, -0.1) is 10.2 Å². The summed E-state index contributed by atoms with van der Waals surface area (Å²) in [6.45, 7) is 6.33. The van der Waals surface area contributed by atoms with Crippen LogP contribution in [0.2, 0.25) is 0 Å². The molecular formula is C27H38N4O3. The van der Waals surface area contributed by atoms with Crippen LogP contribution in [0.5, 0.6) is 0 Å². The topological polar surface area (TPSA) is 69.0 Å². The standard InChI is InChI=1S/C27H38N4O3/c1-4-6-11-18-30(3)27(32)34-21-24-16-12-17-25-28-29-26(31(24)25)23(15-7-5-2)20-33-19-22-13-9-8-10-14-22/h8-10,12-14,16-17,23H,4-7,11,15,18-21H2,1-3H3. The molecule has 1 aromatic carbocycles. The lowest BCUT2D eigenvalue weighted by Gasteiger charge is -2.19. The van der Waals surface area contributed by atoms with Gasteiger partial charge in [0.15, 0.2) is 5.65 Å². The van der Waals surface area contributed by atoms with Crippen LogP contribution in [0.15, 0.2) is 48.5 Å². The minimum Gasteiger partial charge on any atom is -0.443 e. The molecule has 0 aliphatic carbocycles. The smallest absolute Gasteiger partial charge is 0.409 e. The summed E-state index contributed by atoms with van der Waals surface area (Å²) in [5.41, 5.74) is 2.76. The third-order valence-corrected chi connectivity index (χ3v) is 5.99. The molecule has 1 amide bonds. The Morgan fingerprint density at radius 2 is 1.76 bits per heavy atom. The number of rotatable bonds is 14. The molecule has 0 spiro atoms. The number of ether oxygens (including phenoxy) is 2. The van der Waals surface area contributed by atoms with E-state index in [1.165, 1.54) is 0 Å². The Bertz CT molecular complexity index is 1010. The Hall–Kier alpha value is -2.93. The molecular weight excluding hydrogens is 428 g/mol. The van der Waals surface area contributed by atoms with Crippen molar-refractivity contribution in [2.45, 2.75) is 71.5 Å². The second-order valence-electron chi connectivity index (χ2n) is 8.79. The van der Waals surface area contributed by atoms with Gasteiger partial charge >= 0.3 is 6.09 Å². The first-order valence-corrected chi connectivity index (χ1v) is 12.5. The fourth-order valence-corrected chi connectivity index (χ4v) is 3.97. The molecule has 0 aliphatic rings. The third kappa shape index (κ3) is 7.29. The van der Waals surface area contributed by atoms with Gasteiger partial charge in [0.25, 0.3) is 0 Å². The second kappa shape index (κ2) is 13.7. The number of carbonyl (C=O) groups excluding carboxylic acids is 1. The van der Waals surface area contributed by atoms with Crippen molar-refractivity contribution in [1.82, 2.24) is 19.5 Å². The first-order chi connectivity index (χ1) is 16.6. The molecule has 0 aliphatic heterocycles. The van der Waals surface area contributed by atoms with Crippen LogP contribution in [-0.4, -0.2) is 45.8 Å². The maximum Gasteiger partial charge on any atom is 0.409 e. The van der Waals surface area contributed by atoms with Crippen molar-refractivity contribution in [2.75, 3.05) is 20.2 Å². The highest BCUT2D eigenvalue weighted by Gasteiger charge is 2.21. The van der Waals surface area contributed by atoms with Gasteiger partial charge in [-0.1, -0.05) is 75.9 Å². The zero-order chi connectivity index (χ0) is 24.2. The molecule has 0 saturated heterocycles. The summed E-state index contributed by atoms with van der Waals surface area (Å²) in [7, 11) is 1.79. The lowest BCUT2D eigenvalue weighted by atomic mass is 10.0. The molecule has 184 valence electrons. The highest BCUT2D eigenvalue weighted by atomic mass is 16.6. The van der Waals surface area contributed by atoms with Crippen LogP contribution < -0.4 is 0 Å². The number of pyridine rings is 1. The van der Waals surface area contributed by atoms with E-state index in [0.717, 1.165) is 61.3 Å². The fourth-order valence-electron chi connectivity index (χ4n) is 3.97. The molecule has 0 bridgehead atoms. The molecule has 0 saturated carbocycles. The SMILES string of the molecule is CCCCCN(C)C(=O)OCc1cccc2nnc(C(CCCC)COCc3ccccc3)n12. The number of unbranched alkanes of at least 4 members (excludes halogenated alkanes) is 3. The molecule has 1 unspecified atom stereocenters. The first-order valence-electron chi connectivity index (χ1n) is 12.5. The summed E-state index contributed by atoms with van der Waals surface area (Å²) in [5.74, 6) is 0.965. The number of aromatic nitrogens is 3. The van der Waals surface area contributed by atoms with Crippen LogP contribution in [-0.2, 0) is 22.7 Å². The number of hydrogen-bond donors (Lipinski definition) is 0. The molecule has 0 N–H and O–H groups in total. The lowest BCUT2D eigenvalue weighted by Crippen LogP contribution is -2.28. The molecule has 1 atom stereocenters. The van der Waals surface area contributed by atoms with E-state index < -0.39 is 0 Å². The van der Waals surface area contributed by atoms with Gasteiger partial charge in [0.2, 0.25) is 0 Å². The zero-order valence-corrected chi connectivity index (χ0v) is 20.8. The largest absolute Gasteiger partial charge is 0.443 e. The lowest BCUT2D eigenvalue weighted by molar-refractivity contribution is 0.0991. The summed E-state index contributed by atoms with van der Waals surface area (Å²) >= 11 is 0. The van der Waals surface area contributed by atoms with E-state index in [9.17, 15) is 4.79 Å².